The molecular formula is C19H31N2O+. The summed E-state index contributed by atoms with van der Waals surface area (Å²) in [6.07, 6.45) is 3.44. The maximum Gasteiger partial charge on any atom is 0.235 e. The van der Waals surface area contributed by atoms with Gasteiger partial charge in [0.25, 0.3) is 0 Å². The molecule has 0 saturated heterocycles. The van der Waals surface area contributed by atoms with E-state index in [1.807, 2.05) is 0 Å². The molecule has 0 aliphatic carbocycles. The van der Waals surface area contributed by atoms with Crippen molar-refractivity contribution in [2.24, 2.45) is 11.8 Å². The first-order chi connectivity index (χ1) is 10.5. The van der Waals surface area contributed by atoms with Gasteiger partial charge in [-0.25, -0.2) is 0 Å². The van der Waals surface area contributed by atoms with E-state index in [1.165, 1.54) is 12.0 Å². The largest absolute Gasteiger partial charge is 0.392 e. The minimum absolute atomic E-state index is 0.218. The predicted molar refractivity (Wildman–Crippen MR) is 92.1 cm³/mol. The van der Waals surface area contributed by atoms with Crippen molar-refractivity contribution in [3.63, 3.8) is 0 Å². The minimum atomic E-state index is 0.218. The monoisotopic (exact) mass is 303 g/mol. The van der Waals surface area contributed by atoms with Gasteiger partial charge in [-0.2, -0.15) is 0 Å². The predicted octanol–water partition coefficient (Wildman–Crippen LogP) is 2.97. The van der Waals surface area contributed by atoms with E-state index in [4.69, 9.17) is 0 Å². The lowest BCUT2D eigenvalue weighted by Crippen LogP contribution is -2.41. The Morgan fingerprint density at radius 2 is 1.86 bits per heavy atom. The maximum atomic E-state index is 9.72. The number of benzene rings is 1. The molecule has 1 aromatic rings. The summed E-state index contributed by atoms with van der Waals surface area (Å²) < 4.78 is 2.46. The SMILES string of the molecule is CC(C)C[C@H]1CN([C@H](CO)C(C)C)C=[N+]1Cc1ccccc1. The standard InChI is InChI=1S/C19H31N2O/c1-15(2)10-18-12-21(19(13-22)16(3)4)14-20(18)11-17-8-6-5-7-9-17/h5-9,14-16,18-19,22H,10-13H2,1-4H3/q+1/t18-,19+/m0/s1. The number of nitrogens with zero attached hydrogens (tertiary/aromatic N) is 2. The second-order valence-corrected chi connectivity index (χ2v) is 7.25. The molecule has 0 unspecified atom stereocenters. The highest BCUT2D eigenvalue weighted by Crippen LogP contribution is 2.20. The lowest BCUT2D eigenvalue weighted by atomic mass is 10.0. The van der Waals surface area contributed by atoms with Crippen LogP contribution in [0.1, 0.15) is 39.7 Å². The minimum Gasteiger partial charge on any atom is -0.392 e. The molecule has 0 aromatic heterocycles. The molecule has 0 radical (unpaired) electrons. The molecule has 1 aliphatic heterocycles. The van der Waals surface area contributed by atoms with Crippen LogP contribution in [0.25, 0.3) is 0 Å². The summed E-state index contributed by atoms with van der Waals surface area (Å²) >= 11 is 0. The summed E-state index contributed by atoms with van der Waals surface area (Å²) in [4.78, 5) is 2.35. The Labute approximate surface area is 135 Å². The molecule has 1 heterocycles. The fraction of sp³-hybridized carbons (Fsp3) is 0.632. The Morgan fingerprint density at radius 1 is 1.18 bits per heavy atom. The van der Waals surface area contributed by atoms with E-state index in [2.05, 4.69) is 73.8 Å². The van der Waals surface area contributed by atoms with Crippen molar-refractivity contribution in [1.82, 2.24) is 4.90 Å². The van der Waals surface area contributed by atoms with Gasteiger partial charge in [-0.3, -0.25) is 9.48 Å². The van der Waals surface area contributed by atoms with Gasteiger partial charge in [0.1, 0.15) is 25.2 Å². The summed E-state index contributed by atoms with van der Waals surface area (Å²) in [6, 6.07) is 11.4. The first-order valence-electron chi connectivity index (χ1n) is 8.52. The molecule has 2 rings (SSSR count). The molecule has 0 saturated carbocycles. The number of hydrogen-bond donors (Lipinski definition) is 1. The molecule has 1 N–H and O–H groups in total. The van der Waals surface area contributed by atoms with Crippen LogP contribution in [0.4, 0.5) is 0 Å². The zero-order valence-electron chi connectivity index (χ0n) is 14.4. The summed E-state index contributed by atoms with van der Waals surface area (Å²) in [6.45, 7) is 11.1. The van der Waals surface area contributed by atoms with Gasteiger partial charge in [0.15, 0.2) is 0 Å². The Morgan fingerprint density at radius 3 is 2.41 bits per heavy atom. The van der Waals surface area contributed by atoms with Crippen LogP contribution in [0.5, 0.6) is 0 Å². The van der Waals surface area contributed by atoms with Crippen LogP contribution in [0, 0.1) is 11.8 Å². The smallest absolute Gasteiger partial charge is 0.235 e. The summed E-state index contributed by atoms with van der Waals surface area (Å²) in [5.74, 6) is 1.14. The van der Waals surface area contributed by atoms with Crippen molar-refractivity contribution in [2.45, 2.75) is 52.7 Å². The quantitative estimate of drug-likeness (QED) is 0.784. The fourth-order valence-corrected chi connectivity index (χ4v) is 3.32. The van der Waals surface area contributed by atoms with Crippen LogP contribution < -0.4 is 0 Å². The lowest BCUT2D eigenvalue weighted by molar-refractivity contribution is -0.569. The van der Waals surface area contributed by atoms with Crippen LogP contribution in [-0.4, -0.2) is 46.2 Å². The molecule has 3 heteroatoms. The van der Waals surface area contributed by atoms with Gasteiger partial charge < -0.3 is 5.11 Å². The Bertz CT molecular complexity index is 481. The van der Waals surface area contributed by atoms with E-state index in [-0.39, 0.29) is 12.6 Å². The van der Waals surface area contributed by atoms with Crippen molar-refractivity contribution in [3.05, 3.63) is 35.9 Å². The Kier molecular flexibility index (Phi) is 6.01. The molecule has 3 nitrogen and oxygen atoms in total. The Balaban J connectivity index is 2.16. The zero-order valence-corrected chi connectivity index (χ0v) is 14.4. The average molecular weight is 303 g/mol. The van der Waals surface area contributed by atoms with Crippen LogP contribution in [0.2, 0.25) is 0 Å². The highest BCUT2D eigenvalue weighted by atomic mass is 16.3. The van der Waals surface area contributed by atoms with Gasteiger partial charge in [-0.05, 0) is 23.8 Å². The van der Waals surface area contributed by atoms with E-state index in [0.717, 1.165) is 13.1 Å². The van der Waals surface area contributed by atoms with E-state index in [0.29, 0.717) is 17.9 Å². The van der Waals surface area contributed by atoms with Gasteiger partial charge in [-0.15, -0.1) is 0 Å². The fourth-order valence-electron chi connectivity index (χ4n) is 3.32. The van der Waals surface area contributed by atoms with Crippen LogP contribution in [-0.2, 0) is 6.54 Å². The molecule has 1 aliphatic rings. The van der Waals surface area contributed by atoms with E-state index < -0.39 is 0 Å². The number of aliphatic hydroxyl groups excluding tert-OH is 1. The average Bonchev–Trinajstić information content (AvgIpc) is 2.82. The third-order valence-electron chi connectivity index (χ3n) is 4.52. The van der Waals surface area contributed by atoms with Crippen molar-refractivity contribution in [3.8, 4) is 0 Å². The molecule has 0 bridgehead atoms. The second-order valence-electron chi connectivity index (χ2n) is 7.25. The van der Waals surface area contributed by atoms with Crippen LogP contribution in [0.15, 0.2) is 30.3 Å². The Hall–Kier alpha value is -1.35. The second kappa shape index (κ2) is 7.77. The first-order valence-corrected chi connectivity index (χ1v) is 8.52. The van der Waals surface area contributed by atoms with Gasteiger partial charge >= 0.3 is 0 Å². The molecule has 0 amide bonds. The van der Waals surface area contributed by atoms with Gasteiger partial charge in [-0.1, -0.05) is 58.0 Å². The molecule has 122 valence electrons. The van der Waals surface area contributed by atoms with Crippen molar-refractivity contribution < 1.29 is 9.68 Å². The first kappa shape index (κ1) is 17.0. The molecule has 1 aromatic carbocycles. The number of rotatable bonds is 7. The molecule has 0 spiro atoms. The van der Waals surface area contributed by atoms with Crippen molar-refractivity contribution in [2.75, 3.05) is 13.2 Å². The maximum absolute atomic E-state index is 9.72. The van der Waals surface area contributed by atoms with E-state index in [1.54, 1.807) is 0 Å². The molecule has 0 fully saturated rings. The topological polar surface area (TPSA) is 26.5 Å². The van der Waals surface area contributed by atoms with Crippen molar-refractivity contribution >= 4 is 6.34 Å². The third-order valence-corrected chi connectivity index (χ3v) is 4.52. The van der Waals surface area contributed by atoms with Gasteiger partial charge in [0, 0.05) is 0 Å². The normalized spacial score (nSPS) is 19.9. The highest BCUT2D eigenvalue weighted by Gasteiger charge is 2.36. The van der Waals surface area contributed by atoms with Crippen LogP contribution >= 0.6 is 0 Å². The van der Waals surface area contributed by atoms with Gasteiger partial charge in [0.05, 0.1) is 6.61 Å². The molecule has 2 atom stereocenters. The highest BCUT2D eigenvalue weighted by molar-refractivity contribution is 5.51. The van der Waals surface area contributed by atoms with E-state index >= 15 is 0 Å². The summed E-state index contributed by atoms with van der Waals surface area (Å²) in [5, 5.41) is 9.72. The van der Waals surface area contributed by atoms with Crippen molar-refractivity contribution in [1.29, 1.82) is 0 Å². The zero-order chi connectivity index (χ0) is 16.1. The van der Waals surface area contributed by atoms with Crippen LogP contribution in [0.3, 0.4) is 0 Å². The third kappa shape index (κ3) is 4.33. The van der Waals surface area contributed by atoms with Gasteiger partial charge in [0.2, 0.25) is 6.34 Å². The molecular weight excluding hydrogens is 272 g/mol. The summed E-state index contributed by atoms with van der Waals surface area (Å²) in [7, 11) is 0. The molecule has 22 heavy (non-hydrogen) atoms. The number of aliphatic hydroxyl groups is 1. The lowest BCUT2D eigenvalue weighted by Gasteiger charge is -2.23. The summed E-state index contributed by atoms with van der Waals surface area (Å²) in [5.41, 5.74) is 1.35. The van der Waals surface area contributed by atoms with E-state index in [9.17, 15) is 5.11 Å². The number of hydrogen-bond acceptors (Lipinski definition) is 2.